The standard InChI is InChI=1S/C23H34N4O4/c1-2-12-27(22(30)31)18-6-9-20(24-15-18)25-13-3-10-23(16-25)11-14-26(21(23)29)17-4-7-19(28)8-5-17/h6,9,15,17,19,28H,2-5,7-8,10-14,16H2,1H3,(H,30,31)/t17-,19-,23?. The summed E-state index contributed by atoms with van der Waals surface area (Å²) in [6.07, 6.45) is 7.28. The summed E-state index contributed by atoms with van der Waals surface area (Å²) in [6, 6.07) is 3.95. The van der Waals surface area contributed by atoms with Crippen molar-refractivity contribution in [2.45, 2.75) is 70.4 Å². The molecule has 1 aromatic rings. The number of aliphatic hydroxyl groups excluding tert-OH is 1. The molecule has 2 N–H and O–H groups in total. The average molecular weight is 431 g/mol. The van der Waals surface area contributed by atoms with Crippen LogP contribution < -0.4 is 9.80 Å². The van der Waals surface area contributed by atoms with Crippen LogP contribution in [0.4, 0.5) is 16.3 Å². The molecule has 4 rings (SSSR count). The van der Waals surface area contributed by atoms with Crippen LogP contribution in [0.5, 0.6) is 0 Å². The van der Waals surface area contributed by atoms with Crippen molar-refractivity contribution in [3.8, 4) is 0 Å². The van der Waals surface area contributed by atoms with Crippen molar-refractivity contribution in [3.63, 3.8) is 0 Å². The molecule has 0 aromatic carbocycles. The van der Waals surface area contributed by atoms with Gasteiger partial charge in [0.1, 0.15) is 5.82 Å². The van der Waals surface area contributed by atoms with Crippen molar-refractivity contribution >= 4 is 23.5 Å². The highest BCUT2D eigenvalue weighted by Crippen LogP contribution is 2.43. The van der Waals surface area contributed by atoms with Crippen LogP contribution in [0.1, 0.15) is 58.3 Å². The Kier molecular flexibility index (Phi) is 6.36. The smallest absolute Gasteiger partial charge is 0.411 e. The van der Waals surface area contributed by atoms with E-state index in [2.05, 4.69) is 14.8 Å². The number of aromatic nitrogens is 1. The first kappa shape index (κ1) is 21.9. The molecule has 2 amide bonds. The van der Waals surface area contributed by atoms with E-state index in [0.29, 0.717) is 18.8 Å². The third-order valence-corrected chi connectivity index (χ3v) is 7.28. The first-order valence-corrected chi connectivity index (χ1v) is 11.6. The van der Waals surface area contributed by atoms with Crippen molar-refractivity contribution in [1.82, 2.24) is 9.88 Å². The van der Waals surface area contributed by atoms with Crippen LogP contribution in [0, 0.1) is 5.41 Å². The third kappa shape index (κ3) is 4.35. The molecule has 2 aliphatic heterocycles. The van der Waals surface area contributed by atoms with Gasteiger partial charge in [-0.1, -0.05) is 6.92 Å². The molecule has 1 aliphatic carbocycles. The maximum atomic E-state index is 13.5. The summed E-state index contributed by atoms with van der Waals surface area (Å²) in [7, 11) is 0. The van der Waals surface area contributed by atoms with E-state index >= 15 is 0 Å². The number of rotatable bonds is 5. The molecule has 3 fully saturated rings. The van der Waals surface area contributed by atoms with Gasteiger partial charge in [-0.3, -0.25) is 9.69 Å². The summed E-state index contributed by atoms with van der Waals surface area (Å²) in [4.78, 5) is 35.1. The van der Waals surface area contributed by atoms with Gasteiger partial charge in [0.15, 0.2) is 0 Å². The van der Waals surface area contributed by atoms with Crippen molar-refractivity contribution in [3.05, 3.63) is 18.3 Å². The van der Waals surface area contributed by atoms with Crippen molar-refractivity contribution in [2.75, 3.05) is 36.0 Å². The predicted octanol–water partition coefficient (Wildman–Crippen LogP) is 3.10. The maximum Gasteiger partial charge on any atom is 0.411 e. The van der Waals surface area contributed by atoms with Gasteiger partial charge in [0.05, 0.1) is 23.4 Å². The lowest BCUT2D eigenvalue weighted by atomic mass is 9.78. The molecule has 8 nitrogen and oxygen atoms in total. The summed E-state index contributed by atoms with van der Waals surface area (Å²) in [6.45, 7) is 4.72. The number of piperidine rings is 1. The monoisotopic (exact) mass is 430 g/mol. The van der Waals surface area contributed by atoms with Crippen LogP contribution in [-0.4, -0.2) is 70.4 Å². The number of nitrogens with zero attached hydrogens (tertiary/aromatic N) is 4. The van der Waals surface area contributed by atoms with Gasteiger partial charge < -0.3 is 20.0 Å². The molecular weight excluding hydrogens is 396 g/mol. The van der Waals surface area contributed by atoms with E-state index in [1.54, 1.807) is 6.20 Å². The third-order valence-electron chi connectivity index (χ3n) is 7.28. The van der Waals surface area contributed by atoms with Gasteiger partial charge in [-0.15, -0.1) is 0 Å². The highest BCUT2D eigenvalue weighted by molar-refractivity contribution is 5.87. The van der Waals surface area contributed by atoms with Crippen molar-refractivity contribution in [1.29, 1.82) is 0 Å². The fourth-order valence-corrected chi connectivity index (χ4v) is 5.56. The zero-order chi connectivity index (χ0) is 22.0. The second-order valence-electron chi connectivity index (χ2n) is 9.33. The minimum absolute atomic E-state index is 0.212. The minimum atomic E-state index is -0.972. The Hall–Kier alpha value is -2.35. The number of carbonyl (C=O) groups is 2. The summed E-state index contributed by atoms with van der Waals surface area (Å²) in [5.41, 5.74) is 0.233. The number of anilines is 2. The van der Waals surface area contributed by atoms with Gasteiger partial charge in [0.2, 0.25) is 5.91 Å². The Balaban J connectivity index is 1.45. The molecule has 2 saturated heterocycles. The Morgan fingerprint density at radius 3 is 2.65 bits per heavy atom. The summed E-state index contributed by atoms with van der Waals surface area (Å²) in [5.74, 6) is 1.08. The maximum absolute atomic E-state index is 13.5. The fourth-order valence-electron chi connectivity index (χ4n) is 5.56. The molecule has 3 heterocycles. The summed E-state index contributed by atoms with van der Waals surface area (Å²) < 4.78 is 0. The molecule has 0 radical (unpaired) electrons. The second kappa shape index (κ2) is 9.02. The molecule has 1 saturated carbocycles. The van der Waals surface area contributed by atoms with E-state index in [1.165, 1.54) is 4.90 Å². The molecule has 1 atom stereocenters. The average Bonchev–Trinajstić information content (AvgIpc) is 3.08. The van der Waals surface area contributed by atoms with Crippen LogP contribution >= 0.6 is 0 Å². The topological polar surface area (TPSA) is 97.2 Å². The Labute approximate surface area is 183 Å². The summed E-state index contributed by atoms with van der Waals surface area (Å²) in [5, 5.41) is 19.2. The number of carboxylic acid groups (broad SMARTS) is 1. The molecule has 170 valence electrons. The SMILES string of the molecule is CCCN(C(=O)O)c1ccc(N2CCCC3(CCN([C@H]4CC[C@H](O)CC4)C3=O)C2)nc1. The van der Waals surface area contributed by atoms with Gasteiger partial charge >= 0.3 is 6.09 Å². The molecule has 3 aliphatic rings. The molecule has 8 heteroatoms. The quantitative estimate of drug-likeness (QED) is 0.745. The fraction of sp³-hybridized carbons (Fsp3) is 0.696. The van der Waals surface area contributed by atoms with Crippen molar-refractivity contribution < 1.29 is 19.8 Å². The van der Waals surface area contributed by atoms with E-state index in [1.807, 2.05) is 19.1 Å². The van der Waals surface area contributed by atoms with Crippen LogP contribution in [0.3, 0.4) is 0 Å². The van der Waals surface area contributed by atoms with Gasteiger partial charge in [0.25, 0.3) is 0 Å². The lowest BCUT2D eigenvalue weighted by Gasteiger charge is -2.41. The number of likely N-dealkylation sites (tertiary alicyclic amines) is 1. The second-order valence-corrected chi connectivity index (χ2v) is 9.33. The number of carbonyl (C=O) groups excluding carboxylic acids is 1. The first-order valence-electron chi connectivity index (χ1n) is 11.6. The zero-order valence-electron chi connectivity index (χ0n) is 18.4. The Morgan fingerprint density at radius 2 is 2.00 bits per heavy atom. The van der Waals surface area contributed by atoms with Crippen molar-refractivity contribution in [2.24, 2.45) is 5.41 Å². The largest absolute Gasteiger partial charge is 0.465 e. The zero-order valence-corrected chi connectivity index (χ0v) is 18.4. The van der Waals surface area contributed by atoms with E-state index in [-0.39, 0.29) is 23.5 Å². The van der Waals surface area contributed by atoms with E-state index in [9.17, 15) is 19.8 Å². The number of hydrogen-bond donors (Lipinski definition) is 2. The van der Waals surface area contributed by atoms with Crippen LogP contribution in [0.15, 0.2) is 18.3 Å². The van der Waals surface area contributed by atoms with Gasteiger partial charge in [-0.05, 0) is 63.5 Å². The van der Waals surface area contributed by atoms with Crippen LogP contribution in [-0.2, 0) is 4.79 Å². The molecular formula is C23H34N4O4. The van der Waals surface area contributed by atoms with Gasteiger partial charge in [-0.25, -0.2) is 9.78 Å². The normalized spacial score (nSPS) is 28.9. The molecule has 0 bridgehead atoms. The first-order chi connectivity index (χ1) is 14.9. The molecule has 1 aromatic heterocycles. The van der Waals surface area contributed by atoms with Gasteiger partial charge in [-0.2, -0.15) is 0 Å². The van der Waals surface area contributed by atoms with E-state index < -0.39 is 6.09 Å². The molecule has 1 spiro atoms. The predicted molar refractivity (Wildman–Crippen MR) is 118 cm³/mol. The molecule has 1 unspecified atom stereocenters. The Morgan fingerprint density at radius 1 is 1.23 bits per heavy atom. The lowest BCUT2D eigenvalue weighted by Crippen LogP contribution is -2.50. The van der Waals surface area contributed by atoms with E-state index in [0.717, 1.165) is 70.3 Å². The highest BCUT2D eigenvalue weighted by atomic mass is 16.4. The summed E-state index contributed by atoms with van der Waals surface area (Å²) >= 11 is 0. The van der Waals surface area contributed by atoms with Crippen LogP contribution in [0.25, 0.3) is 0 Å². The number of amides is 2. The Bertz CT molecular complexity index is 793. The minimum Gasteiger partial charge on any atom is -0.465 e. The lowest BCUT2D eigenvalue weighted by molar-refractivity contribution is -0.139. The number of aliphatic hydroxyl groups is 1. The van der Waals surface area contributed by atoms with Crippen LogP contribution in [0.2, 0.25) is 0 Å². The van der Waals surface area contributed by atoms with Gasteiger partial charge in [0, 0.05) is 32.2 Å². The highest BCUT2D eigenvalue weighted by Gasteiger charge is 2.50. The number of pyridine rings is 1. The van der Waals surface area contributed by atoms with E-state index in [4.69, 9.17) is 0 Å². The number of hydrogen-bond acceptors (Lipinski definition) is 5. The molecule has 31 heavy (non-hydrogen) atoms.